The van der Waals surface area contributed by atoms with Gasteiger partial charge in [-0.05, 0) is 18.4 Å². The number of carbonyl (C=O) groups excluding carboxylic acids is 5. The van der Waals surface area contributed by atoms with Crippen LogP contribution in [0.4, 0.5) is 11.4 Å². The molecule has 1 aliphatic rings. The zero-order valence-electron chi connectivity index (χ0n) is 46.2. The van der Waals surface area contributed by atoms with Gasteiger partial charge in [0, 0.05) is 83.6 Å². The molecule has 0 radical (unpaired) electrons. The highest BCUT2D eigenvalue weighted by atomic mass is 16.4. The molecule has 5 amide bonds. The molecule has 2 aromatic carbocycles. The van der Waals surface area contributed by atoms with E-state index in [9.17, 15) is 103 Å². The number of nitrogens with zero attached hydrogens (tertiary/aromatic N) is 5. The van der Waals surface area contributed by atoms with Gasteiger partial charge in [-0.25, -0.2) is 9.78 Å². The van der Waals surface area contributed by atoms with Crippen molar-refractivity contribution in [2.24, 2.45) is 0 Å². The van der Waals surface area contributed by atoms with Crippen LogP contribution in [0.1, 0.15) is 36.9 Å². The molecule has 1 aromatic heterocycles. The minimum Gasteiger partial charge on any atom is -0.481 e. The zero-order chi connectivity index (χ0) is 63.6. The van der Waals surface area contributed by atoms with Crippen LogP contribution in [0.5, 0.6) is 0 Å². The Morgan fingerprint density at radius 3 is 1.52 bits per heavy atom. The van der Waals surface area contributed by atoms with Crippen LogP contribution in [0.3, 0.4) is 0 Å². The largest absolute Gasteiger partial charge is 0.481 e. The number of aromatic amines is 1. The number of aromatic nitrogens is 2. The normalized spacial score (nSPS) is 16.0. The molecule has 35 nitrogen and oxygen atoms in total. The second kappa shape index (κ2) is 34.4. The van der Waals surface area contributed by atoms with Crippen LogP contribution in [-0.2, 0) is 70.4 Å². The third-order valence-electron chi connectivity index (χ3n) is 13.3. The summed E-state index contributed by atoms with van der Waals surface area (Å²) in [5.41, 5.74) is -2.47. The summed E-state index contributed by atoms with van der Waals surface area (Å²) >= 11 is 0. The Balaban J connectivity index is 1.42. The summed E-state index contributed by atoms with van der Waals surface area (Å²) < 4.78 is 0. The summed E-state index contributed by atoms with van der Waals surface area (Å²) in [4.78, 5) is 189. The number of aliphatic hydroxyl groups excluding tert-OH is 1. The van der Waals surface area contributed by atoms with Crippen molar-refractivity contribution in [3.8, 4) is 0 Å². The van der Waals surface area contributed by atoms with Gasteiger partial charge in [0.2, 0.25) is 29.5 Å². The Kier molecular flexibility index (Phi) is 27.6. The fraction of sp³-hybridized carbons (Fsp3) is 0.510. The third kappa shape index (κ3) is 23.3. The molecule has 0 saturated carbocycles. The number of H-pyrrole nitrogens is 1. The molecule has 0 bridgehead atoms. The van der Waals surface area contributed by atoms with Gasteiger partial charge < -0.3 is 83.1 Å². The molecule has 4 rings (SSSR count). The third-order valence-corrected chi connectivity index (χ3v) is 13.3. The number of aliphatic hydroxyl groups is 1. The first-order chi connectivity index (χ1) is 40.7. The Labute approximate surface area is 487 Å². The van der Waals surface area contributed by atoms with Crippen LogP contribution < -0.4 is 48.1 Å². The van der Waals surface area contributed by atoms with Gasteiger partial charge in [-0.3, -0.25) is 81.9 Å². The molecule has 1 fully saturated rings. The summed E-state index contributed by atoms with van der Waals surface area (Å²) in [6.07, 6.45) is -0.302. The van der Waals surface area contributed by atoms with Gasteiger partial charge in [0.1, 0.15) is 47.6 Å². The van der Waals surface area contributed by atoms with Gasteiger partial charge in [-0.15, -0.1) is 0 Å². The molecule has 86 heavy (non-hydrogen) atoms. The topological polar surface area (TPSA) is 527 Å². The minimum atomic E-state index is -1.91. The highest BCUT2D eigenvalue weighted by molar-refractivity contribution is 5.97. The van der Waals surface area contributed by atoms with E-state index in [0.29, 0.717) is 5.56 Å². The molecular formula is C51H69N13O22. The van der Waals surface area contributed by atoms with Crippen LogP contribution in [0, 0.1) is 0 Å². The Morgan fingerprint density at radius 1 is 0.547 bits per heavy atom. The number of imidazole rings is 1. The second-order valence-corrected chi connectivity index (χ2v) is 19.8. The zero-order valence-corrected chi connectivity index (χ0v) is 46.2. The number of carbonyl (C=O) groups is 12. The van der Waals surface area contributed by atoms with Crippen LogP contribution in [0.25, 0.3) is 0 Å². The maximum atomic E-state index is 13.8. The molecule has 35 heteroatoms. The minimum absolute atomic E-state index is 0.00298. The van der Waals surface area contributed by atoms with Gasteiger partial charge in [-0.1, -0.05) is 30.3 Å². The van der Waals surface area contributed by atoms with Crippen LogP contribution in [-0.4, -0.2) is 270 Å². The maximum absolute atomic E-state index is 13.8. The predicted octanol–water partition coefficient (Wildman–Crippen LogP) is -6.53. The summed E-state index contributed by atoms with van der Waals surface area (Å²) in [6.45, 7) is -3.17. The van der Waals surface area contributed by atoms with E-state index in [0.717, 1.165) is 0 Å². The quantitative estimate of drug-likeness (QED) is 0.0192. The van der Waals surface area contributed by atoms with E-state index in [1.165, 1.54) is 32.1 Å². The highest BCUT2D eigenvalue weighted by Gasteiger charge is 2.34. The van der Waals surface area contributed by atoms with Gasteiger partial charge in [-0.2, -0.15) is 0 Å². The molecule has 470 valence electrons. The van der Waals surface area contributed by atoms with E-state index in [1.807, 2.05) is 5.32 Å². The van der Waals surface area contributed by atoms with Crippen molar-refractivity contribution in [1.82, 2.24) is 56.2 Å². The maximum Gasteiger partial charge on any atom is 0.326 e. The molecule has 6 atom stereocenters. The van der Waals surface area contributed by atoms with Crippen LogP contribution in [0.15, 0.2) is 52.4 Å². The highest BCUT2D eigenvalue weighted by Crippen LogP contribution is 2.18. The lowest BCUT2D eigenvalue weighted by molar-refractivity contribution is -0.147. The van der Waals surface area contributed by atoms with Crippen molar-refractivity contribution in [2.45, 2.75) is 74.8 Å². The van der Waals surface area contributed by atoms with E-state index >= 15 is 0 Å². The molecule has 0 aliphatic carbocycles. The number of benzene rings is 1. The smallest absolute Gasteiger partial charge is 0.326 e. The van der Waals surface area contributed by atoms with Crippen molar-refractivity contribution in [3.63, 3.8) is 0 Å². The molecule has 2 heterocycles. The van der Waals surface area contributed by atoms with E-state index in [2.05, 4.69) is 41.9 Å². The number of amides is 5. The van der Waals surface area contributed by atoms with Gasteiger partial charge in [0.15, 0.2) is 0 Å². The number of rotatable bonds is 35. The van der Waals surface area contributed by atoms with E-state index in [1.54, 1.807) is 30.3 Å². The summed E-state index contributed by atoms with van der Waals surface area (Å²) in [5.74, 6) is -15.4. The fourth-order valence-corrected chi connectivity index (χ4v) is 8.95. The van der Waals surface area contributed by atoms with E-state index in [4.69, 9.17) is 5.11 Å². The lowest BCUT2D eigenvalue weighted by Gasteiger charge is -2.35. The average Bonchev–Trinajstić information content (AvgIpc) is 2.79. The summed E-state index contributed by atoms with van der Waals surface area (Å²) in [6, 6.07) is -2.09. The number of anilines is 2. The van der Waals surface area contributed by atoms with Gasteiger partial charge >= 0.3 is 41.8 Å². The standard InChI is InChI=1S/C51H69N13O22/c65-26-34(49(82)58-30(17-28-5-2-1-3-6-28)47(80)59-33(50(83)84)20-38(69)70)60-48(81)31(18-29-21-52-27-55-29)56-36(66)22-54-46(79)32(19-37(67)68)57-43-42(44(77)45(43)78)53-8-4-7-35(51(85)86)64-15-13-62(24-40(73)74)11-9-61(23-39(71)72)10-12-63(14-16-64)25-41(75)76/h1-3,5-6,21,27,30-35,53,57,65H,4,7-20,22-26H2,(H,52,55)(H,54,79)(H,56,66)(H,58,82)(H,59,80)(H,60,81)(H,67,68)(H,69,70)(H,71,72)(H,73,74)(H,75,76)(H,83,84)(H,85,86)/t30-,31-,32-,33-,34-,35?/m0/s1. The molecule has 3 aromatic rings. The Hall–Kier alpha value is -9.45. The SMILES string of the molecule is O=C(O)C[C@H](NC(=O)[C@H](Cc1ccccc1)NC(=O)[C@H](CO)NC(=O)[C@H](Cc1cnc[nH]1)NC(=O)CNC(=O)[C@H](CC(=O)O)Nc1c(NCCCC(C(=O)O)N2CCN(CC(=O)O)CCN(CC(=O)O)CCN(CC(=O)O)CC2)c(=O)c1=O)C(=O)O. The Bertz CT molecular complexity index is 2910. The first-order valence-corrected chi connectivity index (χ1v) is 26.6. The average molecular weight is 1220 g/mol. The number of carboxylic acid groups (broad SMARTS) is 7. The van der Waals surface area contributed by atoms with Gasteiger partial charge in [0.05, 0.1) is 52.0 Å². The van der Waals surface area contributed by atoms with E-state index in [-0.39, 0.29) is 96.0 Å². The summed E-state index contributed by atoms with van der Waals surface area (Å²) in [7, 11) is 0. The number of hydrogen-bond acceptors (Lipinski definition) is 22. The van der Waals surface area contributed by atoms with Crippen molar-refractivity contribution >= 4 is 82.7 Å². The van der Waals surface area contributed by atoms with Gasteiger partial charge in [0.25, 0.3) is 10.9 Å². The van der Waals surface area contributed by atoms with Crippen molar-refractivity contribution < 1.29 is 98.4 Å². The van der Waals surface area contributed by atoms with Crippen LogP contribution in [0.2, 0.25) is 0 Å². The molecular weight excluding hydrogens is 1150 g/mol. The molecule has 1 saturated heterocycles. The number of nitrogens with one attached hydrogen (secondary N) is 8. The van der Waals surface area contributed by atoms with Crippen molar-refractivity contribution in [2.75, 3.05) is 102 Å². The number of carboxylic acids is 7. The summed E-state index contributed by atoms with van der Waals surface area (Å²) in [5, 5.41) is 93.8. The van der Waals surface area contributed by atoms with Crippen molar-refractivity contribution in [1.29, 1.82) is 0 Å². The number of aliphatic carboxylic acids is 7. The molecule has 1 unspecified atom stereocenters. The predicted molar refractivity (Wildman–Crippen MR) is 294 cm³/mol. The number of hydrogen-bond donors (Lipinski definition) is 16. The lowest BCUT2D eigenvalue weighted by atomic mass is 10.0. The molecule has 0 spiro atoms. The van der Waals surface area contributed by atoms with E-state index < -0.39 is 170 Å². The monoisotopic (exact) mass is 1220 g/mol. The second-order valence-electron chi connectivity index (χ2n) is 19.8. The fourth-order valence-electron chi connectivity index (χ4n) is 8.95. The first-order valence-electron chi connectivity index (χ1n) is 26.6. The van der Waals surface area contributed by atoms with Crippen molar-refractivity contribution in [3.05, 3.63) is 74.6 Å². The lowest BCUT2D eigenvalue weighted by Crippen LogP contribution is -2.59. The first kappa shape index (κ1) is 69.0. The molecule has 1 aliphatic heterocycles. The molecule has 16 N–H and O–H groups in total. The Morgan fingerprint density at radius 2 is 1.03 bits per heavy atom. The van der Waals surface area contributed by atoms with Crippen LogP contribution >= 0.6 is 0 Å².